The molecular weight excluding hydrogens is 381 g/mol. The first-order valence-corrected chi connectivity index (χ1v) is 9.96. The van der Waals surface area contributed by atoms with Crippen molar-refractivity contribution in [3.63, 3.8) is 0 Å². The van der Waals surface area contributed by atoms with E-state index in [9.17, 15) is 17.6 Å². The maximum Gasteiger partial charge on any atom is 0.251 e. The summed E-state index contributed by atoms with van der Waals surface area (Å²) in [5, 5.41) is 2.79. The number of halogens is 1. The van der Waals surface area contributed by atoms with Crippen molar-refractivity contribution in [3.05, 3.63) is 65.5 Å². The van der Waals surface area contributed by atoms with Gasteiger partial charge in [-0.3, -0.25) is 4.79 Å². The fraction of sp³-hybridized carbons (Fsp3) is 0.250. The topological polar surface area (TPSA) is 78.5 Å². The number of likely N-dealkylation sites (N-methyl/N-ethyl adjacent to an activating group) is 1. The predicted octanol–water partition coefficient (Wildman–Crippen LogP) is 1.77. The molecule has 0 fully saturated rings. The summed E-state index contributed by atoms with van der Waals surface area (Å²) in [6, 6.07) is 11.6. The van der Waals surface area contributed by atoms with Crippen LogP contribution in [0, 0.1) is 18.2 Å². The number of nitrogens with zero attached hydrogens (tertiary/aromatic N) is 1. The largest absolute Gasteiger partial charge is 0.350 e. The number of hydrogen-bond acceptors (Lipinski definition) is 4. The molecule has 0 aliphatic heterocycles. The molecule has 0 radical (unpaired) electrons. The standard InChI is InChI=1S/C20H22FN3O3S/c1-4-12-23-28(26,27)18-7-5-6-16(13-18)20(25)22-14-19(24(2)3)15-8-10-17(21)11-9-15/h1,5-11,13,19,23H,12,14H2,2-3H3,(H,22,25). The monoisotopic (exact) mass is 403 g/mol. The van der Waals surface area contributed by atoms with E-state index in [0.717, 1.165) is 5.56 Å². The number of benzene rings is 2. The van der Waals surface area contributed by atoms with Crippen molar-refractivity contribution in [1.29, 1.82) is 0 Å². The van der Waals surface area contributed by atoms with Gasteiger partial charge in [-0.1, -0.05) is 24.1 Å². The van der Waals surface area contributed by atoms with E-state index >= 15 is 0 Å². The summed E-state index contributed by atoms with van der Waals surface area (Å²) >= 11 is 0. The van der Waals surface area contributed by atoms with Gasteiger partial charge in [0.05, 0.1) is 17.5 Å². The lowest BCUT2D eigenvalue weighted by Crippen LogP contribution is -2.34. The van der Waals surface area contributed by atoms with E-state index in [1.165, 1.54) is 36.4 Å². The Hall–Kier alpha value is -2.73. The van der Waals surface area contributed by atoms with Gasteiger partial charge in [0.15, 0.2) is 0 Å². The third-order valence-electron chi connectivity index (χ3n) is 4.10. The van der Waals surface area contributed by atoms with Gasteiger partial charge < -0.3 is 10.2 Å². The molecule has 2 aromatic carbocycles. The zero-order valence-electron chi connectivity index (χ0n) is 15.6. The van der Waals surface area contributed by atoms with Crippen LogP contribution in [0.15, 0.2) is 53.4 Å². The Kier molecular flexibility index (Phi) is 7.29. The Labute approximate surface area is 164 Å². The van der Waals surface area contributed by atoms with Crippen LogP contribution in [0.5, 0.6) is 0 Å². The highest BCUT2D eigenvalue weighted by Gasteiger charge is 2.18. The fourth-order valence-corrected chi connectivity index (χ4v) is 3.58. The first-order chi connectivity index (χ1) is 13.2. The molecule has 0 bridgehead atoms. The number of carbonyl (C=O) groups excluding carboxylic acids is 1. The molecule has 2 aromatic rings. The molecule has 6 nitrogen and oxygen atoms in total. The minimum atomic E-state index is -3.79. The van der Waals surface area contributed by atoms with Crippen molar-refractivity contribution >= 4 is 15.9 Å². The number of amides is 1. The Bertz CT molecular complexity index is 967. The van der Waals surface area contributed by atoms with Gasteiger partial charge in [0.2, 0.25) is 10.0 Å². The Morgan fingerprint density at radius 2 is 1.89 bits per heavy atom. The highest BCUT2D eigenvalue weighted by Crippen LogP contribution is 2.18. The number of carbonyl (C=O) groups is 1. The number of sulfonamides is 1. The van der Waals surface area contributed by atoms with E-state index in [4.69, 9.17) is 6.42 Å². The van der Waals surface area contributed by atoms with Gasteiger partial charge in [-0.25, -0.2) is 12.8 Å². The van der Waals surface area contributed by atoms with Crippen molar-refractivity contribution in [2.24, 2.45) is 0 Å². The molecule has 0 aliphatic rings. The lowest BCUT2D eigenvalue weighted by Gasteiger charge is -2.25. The van der Waals surface area contributed by atoms with E-state index in [-0.39, 0.29) is 35.4 Å². The molecule has 1 amide bonds. The summed E-state index contributed by atoms with van der Waals surface area (Å²) in [5.41, 5.74) is 1.06. The summed E-state index contributed by atoms with van der Waals surface area (Å²) in [5.74, 6) is 1.45. The Balaban J connectivity index is 2.13. The molecule has 148 valence electrons. The third-order valence-corrected chi connectivity index (χ3v) is 5.50. The van der Waals surface area contributed by atoms with Gasteiger partial charge >= 0.3 is 0 Å². The van der Waals surface area contributed by atoms with Crippen molar-refractivity contribution in [2.45, 2.75) is 10.9 Å². The highest BCUT2D eigenvalue weighted by molar-refractivity contribution is 7.89. The van der Waals surface area contributed by atoms with E-state index in [1.54, 1.807) is 12.1 Å². The zero-order chi connectivity index (χ0) is 20.7. The molecule has 1 unspecified atom stereocenters. The van der Waals surface area contributed by atoms with Gasteiger partial charge in [-0.15, -0.1) is 6.42 Å². The minimum absolute atomic E-state index is 0.0434. The molecule has 0 heterocycles. The maximum atomic E-state index is 13.1. The first-order valence-electron chi connectivity index (χ1n) is 8.48. The molecule has 0 spiro atoms. The SMILES string of the molecule is C#CCNS(=O)(=O)c1cccc(C(=O)NCC(c2ccc(F)cc2)N(C)C)c1. The summed E-state index contributed by atoms with van der Waals surface area (Å²) in [4.78, 5) is 14.4. The van der Waals surface area contributed by atoms with E-state index in [1.807, 2.05) is 19.0 Å². The molecule has 2 N–H and O–H groups in total. The fourth-order valence-electron chi connectivity index (χ4n) is 2.60. The van der Waals surface area contributed by atoms with Gasteiger partial charge in [0.1, 0.15) is 5.82 Å². The van der Waals surface area contributed by atoms with E-state index in [0.29, 0.717) is 0 Å². The van der Waals surface area contributed by atoms with Crippen molar-refractivity contribution in [1.82, 2.24) is 14.9 Å². The van der Waals surface area contributed by atoms with Gasteiger partial charge in [0.25, 0.3) is 5.91 Å². The quantitative estimate of drug-likeness (QED) is 0.659. The summed E-state index contributed by atoms with van der Waals surface area (Å²) in [7, 11) is -0.0830. The normalized spacial score (nSPS) is 12.4. The van der Waals surface area contributed by atoms with Gasteiger partial charge in [0, 0.05) is 12.1 Å². The van der Waals surface area contributed by atoms with Crippen LogP contribution in [-0.2, 0) is 10.0 Å². The molecule has 0 saturated carbocycles. The van der Waals surface area contributed by atoms with Crippen molar-refractivity contribution in [2.75, 3.05) is 27.2 Å². The second-order valence-corrected chi connectivity index (χ2v) is 8.06. The number of rotatable bonds is 8. The van der Waals surface area contributed by atoms with Crippen LogP contribution in [-0.4, -0.2) is 46.4 Å². The smallest absolute Gasteiger partial charge is 0.251 e. The van der Waals surface area contributed by atoms with Crippen LogP contribution in [0.25, 0.3) is 0 Å². The van der Waals surface area contributed by atoms with Crippen LogP contribution in [0.1, 0.15) is 22.0 Å². The predicted molar refractivity (Wildman–Crippen MR) is 106 cm³/mol. The molecule has 28 heavy (non-hydrogen) atoms. The van der Waals surface area contributed by atoms with E-state index < -0.39 is 15.9 Å². The second kappa shape index (κ2) is 9.46. The average Bonchev–Trinajstić information content (AvgIpc) is 2.67. The molecule has 8 heteroatoms. The van der Waals surface area contributed by atoms with Crippen LogP contribution in [0.4, 0.5) is 4.39 Å². The van der Waals surface area contributed by atoms with Crippen LogP contribution >= 0.6 is 0 Å². The molecule has 0 aromatic heterocycles. The number of nitrogens with one attached hydrogen (secondary N) is 2. The highest BCUT2D eigenvalue weighted by atomic mass is 32.2. The van der Waals surface area contributed by atoms with Crippen molar-refractivity contribution < 1.29 is 17.6 Å². The van der Waals surface area contributed by atoms with Gasteiger partial charge in [-0.2, -0.15) is 4.72 Å². The molecule has 1 atom stereocenters. The van der Waals surface area contributed by atoms with Crippen molar-refractivity contribution in [3.8, 4) is 12.3 Å². The second-order valence-electron chi connectivity index (χ2n) is 6.30. The third kappa shape index (κ3) is 5.63. The maximum absolute atomic E-state index is 13.1. The molecular formula is C20H22FN3O3S. The summed E-state index contributed by atoms with van der Waals surface area (Å²) in [6.45, 7) is 0.130. The lowest BCUT2D eigenvalue weighted by atomic mass is 10.1. The Morgan fingerprint density at radius 1 is 1.21 bits per heavy atom. The number of hydrogen-bond donors (Lipinski definition) is 2. The van der Waals surface area contributed by atoms with E-state index in [2.05, 4.69) is 16.0 Å². The van der Waals surface area contributed by atoms with Crippen LogP contribution < -0.4 is 10.0 Å². The van der Waals surface area contributed by atoms with Gasteiger partial charge in [-0.05, 0) is 50.0 Å². The average molecular weight is 403 g/mol. The molecule has 2 rings (SSSR count). The van der Waals surface area contributed by atoms with Crippen LogP contribution in [0.2, 0.25) is 0 Å². The zero-order valence-corrected chi connectivity index (χ0v) is 16.5. The minimum Gasteiger partial charge on any atom is -0.350 e. The summed E-state index contributed by atoms with van der Waals surface area (Å²) < 4.78 is 39.7. The lowest BCUT2D eigenvalue weighted by molar-refractivity contribution is 0.0941. The molecule has 0 saturated heterocycles. The Morgan fingerprint density at radius 3 is 2.50 bits per heavy atom. The molecule has 0 aliphatic carbocycles. The first kappa shape index (κ1) is 21.6. The van der Waals surface area contributed by atoms with Crippen LogP contribution in [0.3, 0.4) is 0 Å². The number of terminal acetylenes is 1. The summed E-state index contributed by atoms with van der Waals surface area (Å²) in [6.07, 6.45) is 5.07.